The minimum Gasteiger partial charge on any atom is -0.361 e. The molecule has 0 saturated carbocycles. The van der Waals surface area contributed by atoms with E-state index in [1.165, 1.54) is 23.8 Å². The number of aromatic amines is 1. The number of aromatic nitrogens is 1. The Bertz CT molecular complexity index is 558. The van der Waals surface area contributed by atoms with Crippen LogP contribution in [0.3, 0.4) is 0 Å². The van der Waals surface area contributed by atoms with Crippen LogP contribution in [0.4, 0.5) is 0 Å². The molecule has 102 valence electrons. The van der Waals surface area contributed by atoms with Crippen molar-refractivity contribution < 1.29 is 0 Å². The van der Waals surface area contributed by atoms with Gasteiger partial charge >= 0.3 is 0 Å². The number of hydrogen-bond acceptors (Lipinski definition) is 2. The Morgan fingerprint density at radius 1 is 1.42 bits per heavy atom. The van der Waals surface area contributed by atoms with Gasteiger partial charge in [0, 0.05) is 41.3 Å². The van der Waals surface area contributed by atoms with Crippen molar-refractivity contribution in [3.05, 3.63) is 35.0 Å². The smallest absolute Gasteiger partial charge is 0.0472 e. The molecule has 0 spiro atoms. The first kappa shape index (κ1) is 13.0. The second kappa shape index (κ2) is 5.53. The van der Waals surface area contributed by atoms with Crippen LogP contribution in [0.5, 0.6) is 0 Å². The van der Waals surface area contributed by atoms with Gasteiger partial charge in [-0.1, -0.05) is 17.7 Å². The highest BCUT2D eigenvalue weighted by Crippen LogP contribution is 2.23. The number of likely N-dealkylation sites (N-methyl/N-ethyl adjacent to an activating group) is 1. The summed E-state index contributed by atoms with van der Waals surface area (Å²) in [7, 11) is 2.21. The van der Waals surface area contributed by atoms with E-state index in [-0.39, 0.29) is 0 Å². The average Bonchev–Trinajstić information content (AvgIpc) is 2.82. The van der Waals surface area contributed by atoms with Gasteiger partial charge in [0.25, 0.3) is 0 Å². The molecule has 4 heteroatoms. The van der Waals surface area contributed by atoms with Gasteiger partial charge in [-0.25, -0.2) is 0 Å². The third-order valence-corrected chi connectivity index (χ3v) is 4.28. The maximum Gasteiger partial charge on any atom is 0.0472 e. The predicted octanol–water partition coefficient (Wildman–Crippen LogP) is 3.01. The summed E-state index contributed by atoms with van der Waals surface area (Å²) in [6.45, 7) is 3.24. The molecule has 2 heterocycles. The fraction of sp³-hybridized carbons (Fsp3) is 0.467. The first-order chi connectivity index (χ1) is 9.24. The molecule has 1 aromatic carbocycles. The Hall–Kier alpha value is -1.03. The molecule has 1 atom stereocenters. The van der Waals surface area contributed by atoms with E-state index in [9.17, 15) is 0 Å². The lowest BCUT2D eigenvalue weighted by Crippen LogP contribution is -2.43. The SMILES string of the molecule is CN(Cc1c[nH]c2cc(Cl)ccc12)C1CCCNC1. The number of piperidine rings is 1. The molecule has 3 nitrogen and oxygen atoms in total. The van der Waals surface area contributed by atoms with Gasteiger partial charge in [-0.3, -0.25) is 4.90 Å². The highest BCUT2D eigenvalue weighted by molar-refractivity contribution is 6.31. The predicted molar refractivity (Wildman–Crippen MR) is 80.7 cm³/mol. The van der Waals surface area contributed by atoms with Gasteiger partial charge in [0.1, 0.15) is 0 Å². The van der Waals surface area contributed by atoms with Crippen LogP contribution in [0.25, 0.3) is 10.9 Å². The molecule has 2 aromatic rings. The van der Waals surface area contributed by atoms with Gasteiger partial charge in [0.05, 0.1) is 0 Å². The van der Waals surface area contributed by atoms with Crippen molar-refractivity contribution in [2.45, 2.75) is 25.4 Å². The summed E-state index contributed by atoms with van der Waals surface area (Å²) < 4.78 is 0. The highest BCUT2D eigenvalue weighted by Gasteiger charge is 2.18. The molecule has 0 amide bonds. The second-order valence-electron chi connectivity index (χ2n) is 5.42. The largest absolute Gasteiger partial charge is 0.361 e. The Kier molecular flexibility index (Phi) is 3.78. The number of nitrogens with zero attached hydrogens (tertiary/aromatic N) is 1. The Morgan fingerprint density at radius 2 is 2.32 bits per heavy atom. The lowest BCUT2D eigenvalue weighted by molar-refractivity contribution is 0.196. The normalized spacial score (nSPS) is 20.3. The van der Waals surface area contributed by atoms with E-state index in [1.54, 1.807) is 0 Å². The van der Waals surface area contributed by atoms with Crippen LogP contribution in [0, 0.1) is 0 Å². The average molecular weight is 278 g/mol. The van der Waals surface area contributed by atoms with Crippen molar-refractivity contribution in [1.29, 1.82) is 0 Å². The van der Waals surface area contributed by atoms with Crippen LogP contribution in [0.15, 0.2) is 24.4 Å². The molecule has 2 N–H and O–H groups in total. The molecule has 0 aliphatic carbocycles. The fourth-order valence-corrected chi connectivity index (χ4v) is 3.07. The number of fused-ring (bicyclic) bond motifs is 1. The molecule has 0 radical (unpaired) electrons. The maximum absolute atomic E-state index is 6.02. The number of nitrogens with one attached hydrogen (secondary N) is 2. The van der Waals surface area contributed by atoms with Gasteiger partial charge < -0.3 is 10.3 Å². The molecule has 1 unspecified atom stereocenters. The molecule has 1 aromatic heterocycles. The molecule has 3 rings (SSSR count). The van der Waals surface area contributed by atoms with Crippen molar-refractivity contribution in [2.24, 2.45) is 0 Å². The van der Waals surface area contributed by atoms with Crippen LogP contribution < -0.4 is 5.32 Å². The van der Waals surface area contributed by atoms with Crippen LogP contribution >= 0.6 is 11.6 Å². The minimum absolute atomic E-state index is 0.644. The van der Waals surface area contributed by atoms with Gasteiger partial charge in [-0.05, 0) is 44.1 Å². The number of rotatable bonds is 3. The van der Waals surface area contributed by atoms with Crippen molar-refractivity contribution in [3.8, 4) is 0 Å². The maximum atomic E-state index is 6.02. The standard InChI is InChI=1S/C15H20ClN3/c1-19(13-3-2-6-17-9-13)10-11-8-18-15-7-12(16)4-5-14(11)15/h4-5,7-8,13,17-18H,2-3,6,9-10H2,1H3. The Balaban J connectivity index is 1.77. The molecule has 1 fully saturated rings. The molecule has 1 aliphatic heterocycles. The number of halogens is 1. The van der Waals surface area contributed by atoms with E-state index < -0.39 is 0 Å². The third-order valence-electron chi connectivity index (χ3n) is 4.04. The summed E-state index contributed by atoms with van der Waals surface area (Å²) in [6, 6.07) is 6.70. The van der Waals surface area contributed by atoms with Crippen LogP contribution in [-0.4, -0.2) is 36.1 Å². The molecule has 0 bridgehead atoms. The van der Waals surface area contributed by atoms with Crippen molar-refractivity contribution in [3.63, 3.8) is 0 Å². The fourth-order valence-electron chi connectivity index (χ4n) is 2.90. The van der Waals surface area contributed by atoms with Crippen LogP contribution in [0.1, 0.15) is 18.4 Å². The summed E-state index contributed by atoms with van der Waals surface area (Å²) in [5.41, 5.74) is 2.47. The van der Waals surface area contributed by atoms with Gasteiger partial charge in [0.2, 0.25) is 0 Å². The minimum atomic E-state index is 0.644. The topological polar surface area (TPSA) is 31.1 Å². The number of H-pyrrole nitrogens is 1. The summed E-state index contributed by atoms with van der Waals surface area (Å²) >= 11 is 6.02. The second-order valence-corrected chi connectivity index (χ2v) is 5.86. The van der Waals surface area contributed by atoms with E-state index >= 15 is 0 Å². The number of benzene rings is 1. The monoisotopic (exact) mass is 277 g/mol. The van der Waals surface area contributed by atoms with E-state index in [0.29, 0.717) is 6.04 Å². The van der Waals surface area contributed by atoms with Crippen LogP contribution in [0.2, 0.25) is 5.02 Å². The zero-order valence-electron chi connectivity index (χ0n) is 11.2. The molecular weight excluding hydrogens is 258 g/mol. The molecule has 1 aliphatic rings. The van der Waals surface area contributed by atoms with E-state index in [1.807, 2.05) is 12.1 Å². The summed E-state index contributed by atoms with van der Waals surface area (Å²) in [5, 5.41) is 5.53. The quantitative estimate of drug-likeness (QED) is 0.904. The van der Waals surface area contributed by atoms with E-state index in [0.717, 1.165) is 30.2 Å². The number of hydrogen-bond donors (Lipinski definition) is 2. The highest BCUT2D eigenvalue weighted by atomic mass is 35.5. The summed E-state index contributed by atoms with van der Waals surface area (Å²) in [6.07, 6.45) is 4.67. The zero-order chi connectivity index (χ0) is 13.2. The lowest BCUT2D eigenvalue weighted by Gasteiger charge is -2.31. The van der Waals surface area contributed by atoms with E-state index in [4.69, 9.17) is 11.6 Å². The van der Waals surface area contributed by atoms with Crippen molar-refractivity contribution in [2.75, 3.05) is 20.1 Å². The van der Waals surface area contributed by atoms with E-state index in [2.05, 4.69) is 34.5 Å². The van der Waals surface area contributed by atoms with Gasteiger partial charge in [0.15, 0.2) is 0 Å². The molecular formula is C15H20ClN3. The summed E-state index contributed by atoms with van der Waals surface area (Å²) in [4.78, 5) is 5.76. The van der Waals surface area contributed by atoms with Crippen molar-refractivity contribution >= 4 is 22.5 Å². The Labute approximate surface area is 118 Å². The molecule has 19 heavy (non-hydrogen) atoms. The lowest BCUT2D eigenvalue weighted by atomic mass is 10.1. The van der Waals surface area contributed by atoms with Gasteiger partial charge in [-0.2, -0.15) is 0 Å². The first-order valence-electron chi connectivity index (χ1n) is 6.90. The van der Waals surface area contributed by atoms with Crippen LogP contribution in [-0.2, 0) is 6.54 Å². The molecule has 1 saturated heterocycles. The van der Waals surface area contributed by atoms with Crippen molar-refractivity contribution in [1.82, 2.24) is 15.2 Å². The zero-order valence-corrected chi connectivity index (χ0v) is 12.0. The summed E-state index contributed by atoms with van der Waals surface area (Å²) in [5.74, 6) is 0. The Morgan fingerprint density at radius 3 is 3.11 bits per heavy atom. The first-order valence-corrected chi connectivity index (χ1v) is 7.28. The van der Waals surface area contributed by atoms with Gasteiger partial charge in [-0.15, -0.1) is 0 Å². The third kappa shape index (κ3) is 2.78.